The van der Waals surface area contributed by atoms with E-state index in [-0.39, 0.29) is 24.0 Å². The van der Waals surface area contributed by atoms with Crippen LogP contribution in [0.1, 0.15) is 23.1 Å². The number of hydrogen-bond donors (Lipinski definition) is 1. The molecule has 32 heavy (non-hydrogen) atoms. The minimum absolute atomic E-state index is 0. The van der Waals surface area contributed by atoms with E-state index in [2.05, 4.69) is 20.5 Å². The zero-order chi connectivity index (χ0) is 21.8. The third-order valence-electron chi connectivity index (χ3n) is 5.18. The van der Waals surface area contributed by atoms with E-state index in [1.165, 1.54) is 6.07 Å². The Morgan fingerprint density at radius 3 is 2.84 bits per heavy atom. The van der Waals surface area contributed by atoms with Crippen molar-refractivity contribution >= 4 is 35.6 Å². The molecule has 172 valence electrons. The molecule has 3 aromatic rings. The summed E-state index contributed by atoms with van der Waals surface area (Å²) in [5.41, 5.74) is 0.623. The fraction of sp³-hybridized carbons (Fsp3) is 0.381. The number of aromatic nitrogens is 3. The number of fused-ring (bicyclic) bond motifs is 1. The molecule has 1 saturated heterocycles. The van der Waals surface area contributed by atoms with Crippen LogP contribution in [0.25, 0.3) is 5.65 Å². The summed E-state index contributed by atoms with van der Waals surface area (Å²) in [6, 6.07) is 11.0. The van der Waals surface area contributed by atoms with Crippen molar-refractivity contribution in [1.82, 2.24) is 24.8 Å². The van der Waals surface area contributed by atoms with Crippen molar-refractivity contribution < 1.29 is 17.9 Å². The van der Waals surface area contributed by atoms with Gasteiger partial charge >= 0.3 is 6.18 Å². The molecule has 1 unspecified atom stereocenters. The number of alkyl halides is 3. The molecule has 1 aromatic carbocycles. The van der Waals surface area contributed by atoms with E-state index < -0.39 is 17.8 Å². The van der Waals surface area contributed by atoms with Crippen LogP contribution in [0.4, 0.5) is 13.2 Å². The first-order valence-corrected chi connectivity index (χ1v) is 9.98. The summed E-state index contributed by atoms with van der Waals surface area (Å²) in [6.07, 6.45) is -2.28. The summed E-state index contributed by atoms with van der Waals surface area (Å²) in [5.74, 6) is 1.51. The van der Waals surface area contributed by atoms with Gasteiger partial charge < -0.3 is 15.0 Å². The Morgan fingerprint density at radius 2 is 2.06 bits per heavy atom. The highest BCUT2D eigenvalue weighted by Crippen LogP contribution is 2.32. The number of pyridine rings is 1. The summed E-state index contributed by atoms with van der Waals surface area (Å²) >= 11 is 0. The highest BCUT2D eigenvalue weighted by molar-refractivity contribution is 14.0. The van der Waals surface area contributed by atoms with Gasteiger partial charge in [0.05, 0.1) is 18.7 Å². The van der Waals surface area contributed by atoms with E-state index in [0.717, 1.165) is 23.6 Å². The Kier molecular flexibility index (Phi) is 7.93. The summed E-state index contributed by atoms with van der Waals surface area (Å²) < 4.78 is 46.9. The first kappa shape index (κ1) is 24.2. The lowest BCUT2D eigenvalue weighted by atomic mass is 10.0. The molecule has 4 rings (SSSR count). The highest BCUT2D eigenvalue weighted by Gasteiger charge is 2.32. The number of aliphatic imine (C=N–C) groups is 1. The second-order valence-corrected chi connectivity index (χ2v) is 7.20. The molecule has 1 aliphatic rings. The summed E-state index contributed by atoms with van der Waals surface area (Å²) in [4.78, 5) is 6.33. The molecule has 1 aliphatic heterocycles. The number of benzene rings is 1. The maximum Gasteiger partial charge on any atom is 0.416 e. The average molecular weight is 560 g/mol. The monoisotopic (exact) mass is 560 g/mol. The Bertz CT molecular complexity index is 1070. The third-order valence-corrected chi connectivity index (χ3v) is 5.18. The molecule has 0 saturated carbocycles. The molecule has 1 N–H and O–H groups in total. The number of ether oxygens (including phenoxy) is 1. The van der Waals surface area contributed by atoms with Crippen LogP contribution in [0.5, 0.6) is 0 Å². The summed E-state index contributed by atoms with van der Waals surface area (Å²) in [5, 5.41) is 11.7. The normalized spacial score (nSPS) is 17.3. The second kappa shape index (κ2) is 10.5. The number of nitrogens with one attached hydrogen (secondary N) is 1. The van der Waals surface area contributed by atoms with Crippen LogP contribution >= 0.6 is 24.0 Å². The van der Waals surface area contributed by atoms with Gasteiger partial charge in [0.25, 0.3) is 0 Å². The number of halogens is 4. The van der Waals surface area contributed by atoms with Gasteiger partial charge in [-0.05, 0) is 29.8 Å². The van der Waals surface area contributed by atoms with Crippen molar-refractivity contribution in [3.8, 4) is 0 Å². The van der Waals surface area contributed by atoms with Gasteiger partial charge in [0.15, 0.2) is 11.6 Å². The van der Waals surface area contributed by atoms with Crippen molar-refractivity contribution in [2.45, 2.75) is 18.7 Å². The second-order valence-electron chi connectivity index (χ2n) is 7.20. The van der Waals surface area contributed by atoms with Crippen LogP contribution in [-0.4, -0.2) is 58.7 Å². The zero-order valence-corrected chi connectivity index (χ0v) is 19.7. The van der Waals surface area contributed by atoms with Crippen LogP contribution in [0.3, 0.4) is 0 Å². The van der Waals surface area contributed by atoms with Crippen molar-refractivity contribution in [3.05, 3.63) is 65.6 Å². The highest BCUT2D eigenvalue weighted by atomic mass is 127. The molecule has 7 nitrogen and oxygen atoms in total. The quantitative estimate of drug-likeness (QED) is 0.301. The van der Waals surface area contributed by atoms with Crippen molar-refractivity contribution in [3.63, 3.8) is 0 Å². The maximum absolute atomic E-state index is 13.1. The number of morpholine rings is 1. The summed E-state index contributed by atoms with van der Waals surface area (Å²) in [6.45, 7) is 2.00. The Hall–Kier alpha value is -2.41. The van der Waals surface area contributed by atoms with Crippen molar-refractivity contribution in [2.24, 2.45) is 4.99 Å². The van der Waals surface area contributed by atoms with E-state index >= 15 is 0 Å². The van der Waals surface area contributed by atoms with E-state index in [1.54, 1.807) is 13.1 Å². The zero-order valence-electron chi connectivity index (χ0n) is 17.4. The summed E-state index contributed by atoms with van der Waals surface area (Å²) in [7, 11) is 1.68. The molecule has 1 fully saturated rings. The molecular formula is C21H24F3IN6O. The predicted octanol–water partition coefficient (Wildman–Crippen LogP) is 3.56. The number of nitrogens with zero attached hydrogens (tertiary/aromatic N) is 5. The van der Waals surface area contributed by atoms with E-state index in [1.807, 2.05) is 33.7 Å². The molecule has 0 spiro atoms. The van der Waals surface area contributed by atoms with Gasteiger partial charge in [0.2, 0.25) is 0 Å². The van der Waals surface area contributed by atoms with Crippen LogP contribution in [0.15, 0.2) is 53.7 Å². The van der Waals surface area contributed by atoms with Crippen molar-refractivity contribution in [2.75, 3.05) is 33.3 Å². The largest absolute Gasteiger partial charge is 0.416 e. The van der Waals surface area contributed by atoms with Crippen molar-refractivity contribution in [1.29, 1.82) is 0 Å². The topological polar surface area (TPSA) is 67.0 Å². The first-order valence-electron chi connectivity index (χ1n) is 9.98. The lowest BCUT2D eigenvalue weighted by Crippen LogP contribution is -2.48. The average Bonchev–Trinajstić information content (AvgIpc) is 3.19. The molecule has 0 amide bonds. The predicted molar refractivity (Wildman–Crippen MR) is 125 cm³/mol. The van der Waals surface area contributed by atoms with Gasteiger partial charge in [-0.15, -0.1) is 34.2 Å². The lowest BCUT2D eigenvalue weighted by Gasteiger charge is -2.35. The molecule has 0 aliphatic carbocycles. The van der Waals surface area contributed by atoms with Crippen LogP contribution in [0.2, 0.25) is 0 Å². The Balaban J connectivity index is 0.00000289. The van der Waals surface area contributed by atoms with E-state index in [0.29, 0.717) is 44.2 Å². The molecule has 0 radical (unpaired) electrons. The molecule has 0 bridgehead atoms. The molecule has 2 aromatic heterocycles. The molecular weight excluding hydrogens is 536 g/mol. The van der Waals surface area contributed by atoms with Crippen LogP contribution in [-0.2, 0) is 17.3 Å². The lowest BCUT2D eigenvalue weighted by molar-refractivity contribution is -0.137. The molecule has 11 heteroatoms. The fourth-order valence-corrected chi connectivity index (χ4v) is 3.64. The minimum atomic E-state index is -4.38. The first-order chi connectivity index (χ1) is 15.0. The molecule has 3 heterocycles. The van der Waals surface area contributed by atoms with Gasteiger partial charge in [-0.2, -0.15) is 13.2 Å². The standard InChI is InChI=1S/C21H23F3N6O.HI/c1-25-20(26-9-8-19-28-27-18-7-2-3-10-30(18)19)29-11-12-31-17(14-29)15-5-4-6-16(13-15)21(22,23)24;/h2-7,10,13,17H,8-9,11-12,14H2,1H3,(H,25,26);1H. The SMILES string of the molecule is CN=C(NCCc1nnc2ccccn12)N1CCOC(c2cccc(C(F)(F)F)c2)C1.I. The molecule has 1 atom stereocenters. The Labute approximate surface area is 200 Å². The number of guanidine groups is 1. The third kappa shape index (κ3) is 5.49. The Morgan fingerprint density at radius 1 is 1.22 bits per heavy atom. The van der Waals surface area contributed by atoms with E-state index in [4.69, 9.17) is 4.74 Å². The van der Waals surface area contributed by atoms with Crippen LogP contribution < -0.4 is 5.32 Å². The van der Waals surface area contributed by atoms with Gasteiger partial charge in [0, 0.05) is 32.8 Å². The number of rotatable bonds is 4. The van der Waals surface area contributed by atoms with Gasteiger partial charge in [-0.3, -0.25) is 9.39 Å². The smallest absolute Gasteiger partial charge is 0.370 e. The van der Waals surface area contributed by atoms with E-state index in [9.17, 15) is 13.2 Å². The van der Waals surface area contributed by atoms with Gasteiger partial charge in [-0.25, -0.2) is 0 Å². The van der Waals surface area contributed by atoms with Gasteiger partial charge in [0.1, 0.15) is 11.9 Å². The fourth-order valence-electron chi connectivity index (χ4n) is 3.64. The maximum atomic E-state index is 13.1. The van der Waals surface area contributed by atoms with Crippen LogP contribution in [0, 0.1) is 0 Å². The van der Waals surface area contributed by atoms with Gasteiger partial charge in [-0.1, -0.05) is 18.2 Å². The number of hydrogen-bond acceptors (Lipinski definition) is 4. The minimum Gasteiger partial charge on any atom is -0.370 e.